The summed E-state index contributed by atoms with van der Waals surface area (Å²) in [6.45, 7) is 1.09. The number of hydrogen-bond donors (Lipinski definition) is 0. The topological polar surface area (TPSA) is 37.6 Å². The predicted molar refractivity (Wildman–Crippen MR) is 98.7 cm³/mol. The van der Waals surface area contributed by atoms with E-state index < -0.39 is 0 Å². The Kier molecular flexibility index (Phi) is 3.92. The average molecular weight is 406 g/mol. The highest BCUT2D eigenvalue weighted by Gasteiger charge is 2.16. The molecule has 0 atom stereocenters. The van der Waals surface area contributed by atoms with Crippen LogP contribution >= 0.6 is 38.6 Å². The van der Waals surface area contributed by atoms with Crippen molar-refractivity contribution >= 4 is 50.4 Å². The van der Waals surface area contributed by atoms with E-state index in [4.69, 9.17) is 0 Å². The van der Waals surface area contributed by atoms with Crippen LogP contribution < -0.4 is 19.8 Å². The maximum atomic E-state index is 12.6. The Bertz CT molecular complexity index is 1020. The molecule has 1 aliphatic heterocycles. The summed E-state index contributed by atoms with van der Waals surface area (Å²) in [7, 11) is 0. The first kappa shape index (κ1) is 14.9. The minimum Gasteiger partial charge on any atom is -0.334 e. The Morgan fingerprint density at radius 1 is 1.26 bits per heavy atom. The molecule has 4 nitrogen and oxygen atoms in total. The van der Waals surface area contributed by atoms with E-state index in [-0.39, 0.29) is 5.56 Å². The van der Waals surface area contributed by atoms with E-state index in [1.165, 1.54) is 11.3 Å². The second-order valence-corrected chi connectivity index (χ2v) is 8.01. The predicted octanol–water partition coefficient (Wildman–Crippen LogP) is 2.62. The molecular weight excluding hydrogens is 394 g/mol. The van der Waals surface area contributed by atoms with Gasteiger partial charge in [-0.3, -0.25) is 9.36 Å². The third-order valence-electron chi connectivity index (χ3n) is 3.57. The lowest BCUT2D eigenvalue weighted by Crippen LogP contribution is -2.42. The van der Waals surface area contributed by atoms with Gasteiger partial charge in [0.05, 0.1) is 4.53 Å². The molecule has 116 valence electrons. The minimum absolute atomic E-state index is 0.0295. The van der Waals surface area contributed by atoms with Crippen molar-refractivity contribution in [1.29, 1.82) is 0 Å². The van der Waals surface area contributed by atoms with Crippen LogP contribution in [0.1, 0.15) is 4.88 Å². The highest BCUT2D eigenvalue weighted by Crippen LogP contribution is 2.20. The number of hydrogen-bond acceptors (Lipinski definition) is 5. The second kappa shape index (κ2) is 6.07. The summed E-state index contributed by atoms with van der Waals surface area (Å²) >= 11 is 6.57. The van der Waals surface area contributed by atoms with E-state index in [1.54, 1.807) is 15.9 Å². The SMILES string of the molecule is O=c1/c(=C/c2cccs2)sc2n1CN(c1cccc(Br)c1)CN=2. The zero-order chi connectivity index (χ0) is 15.8. The average Bonchev–Trinajstić information content (AvgIpc) is 3.17. The Labute approximate surface area is 148 Å². The Morgan fingerprint density at radius 3 is 2.96 bits per heavy atom. The molecule has 0 N–H and O–H groups in total. The molecule has 7 heteroatoms. The molecule has 0 fully saturated rings. The molecule has 1 aromatic carbocycles. The zero-order valence-electron chi connectivity index (χ0n) is 12.0. The number of anilines is 1. The first-order chi connectivity index (χ1) is 11.2. The van der Waals surface area contributed by atoms with Crippen LogP contribution in [-0.2, 0) is 6.67 Å². The van der Waals surface area contributed by atoms with Gasteiger partial charge in [-0.05, 0) is 35.7 Å². The van der Waals surface area contributed by atoms with E-state index in [0.29, 0.717) is 13.3 Å². The smallest absolute Gasteiger partial charge is 0.271 e. The molecule has 0 bridgehead atoms. The molecule has 0 spiro atoms. The molecule has 3 heterocycles. The Hall–Kier alpha value is -1.70. The van der Waals surface area contributed by atoms with Crippen LogP contribution in [0.15, 0.2) is 56.0 Å². The second-order valence-electron chi connectivity index (χ2n) is 5.10. The summed E-state index contributed by atoms with van der Waals surface area (Å²) in [5, 5.41) is 2.01. The van der Waals surface area contributed by atoms with Crippen molar-refractivity contribution < 1.29 is 0 Å². The van der Waals surface area contributed by atoms with Crippen LogP contribution in [-0.4, -0.2) is 11.2 Å². The van der Waals surface area contributed by atoms with E-state index in [9.17, 15) is 4.79 Å². The normalized spacial score (nSPS) is 14.7. The molecule has 1 aliphatic rings. The maximum Gasteiger partial charge on any atom is 0.271 e. The fraction of sp³-hybridized carbons (Fsp3) is 0.125. The molecule has 4 rings (SSSR count). The van der Waals surface area contributed by atoms with Crippen molar-refractivity contribution in [2.45, 2.75) is 6.67 Å². The first-order valence-corrected chi connectivity index (χ1v) is 9.49. The van der Waals surface area contributed by atoms with Crippen LogP contribution in [0.2, 0.25) is 0 Å². The molecule has 0 saturated carbocycles. The van der Waals surface area contributed by atoms with Gasteiger partial charge in [0.2, 0.25) is 0 Å². The van der Waals surface area contributed by atoms with Gasteiger partial charge in [-0.2, -0.15) is 0 Å². The zero-order valence-corrected chi connectivity index (χ0v) is 15.2. The number of benzene rings is 1. The molecule has 0 saturated heterocycles. The highest BCUT2D eigenvalue weighted by molar-refractivity contribution is 9.10. The van der Waals surface area contributed by atoms with E-state index in [2.05, 4.69) is 25.8 Å². The van der Waals surface area contributed by atoms with Gasteiger partial charge in [-0.1, -0.05) is 39.4 Å². The summed E-state index contributed by atoms with van der Waals surface area (Å²) in [5.74, 6) is 0. The number of fused-ring (bicyclic) bond motifs is 1. The van der Waals surface area contributed by atoms with Crippen molar-refractivity contribution in [3.8, 4) is 0 Å². The molecule has 0 unspecified atom stereocenters. The third-order valence-corrected chi connectivity index (χ3v) is 5.92. The van der Waals surface area contributed by atoms with Crippen LogP contribution in [0, 0.1) is 0 Å². The number of rotatable bonds is 2. The van der Waals surface area contributed by atoms with Crippen molar-refractivity contribution in [3.05, 3.63) is 70.8 Å². The molecule has 0 radical (unpaired) electrons. The Balaban J connectivity index is 1.74. The molecule has 2 aromatic heterocycles. The van der Waals surface area contributed by atoms with Crippen LogP contribution in [0.5, 0.6) is 0 Å². The van der Waals surface area contributed by atoms with Crippen molar-refractivity contribution in [3.63, 3.8) is 0 Å². The largest absolute Gasteiger partial charge is 0.334 e. The monoisotopic (exact) mass is 405 g/mol. The van der Waals surface area contributed by atoms with E-state index in [0.717, 1.165) is 24.4 Å². The van der Waals surface area contributed by atoms with Gasteiger partial charge < -0.3 is 4.90 Å². The van der Waals surface area contributed by atoms with Crippen molar-refractivity contribution in [2.75, 3.05) is 11.6 Å². The van der Waals surface area contributed by atoms with Gasteiger partial charge in [0.25, 0.3) is 5.56 Å². The lowest BCUT2D eigenvalue weighted by molar-refractivity contribution is 0.569. The maximum absolute atomic E-state index is 12.6. The van der Waals surface area contributed by atoms with Gasteiger partial charge in [-0.15, -0.1) is 11.3 Å². The van der Waals surface area contributed by atoms with Gasteiger partial charge in [0.15, 0.2) is 4.80 Å². The van der Waals surface area contributed by atoms with Gasteiger partial charge in [-0.25, -0.2) is 4.99 Å². The summed E-state index contributed by atoms with van der Waals surface area (Å²) in [4.78, 5) is 21.2. The molecule has 23 heavy (non-hydrogen) atoms. The van der Waals surface area contributed by atoms with Crippen LogP contribution in [0.25, 0.3) is 6.08 Å². The number of nitrogens with zero attached hydrogens (tertiary/aromatic N) is 3. The quantitative estimate of drug-likeness (QED) is 0.656. The fourth-order valence-electron chi connectivity index (χ4n) is 2.45. The molecular formula is C16H12BrN3OS2. The number of thiazole rings is 1. The van der Waals surface area contributed by atoms with Gasteiger partial charge in [0.1, 0.15) is 13.3 Å². The first-order valence-electron chi connectivity index (χ1n) is 7.00. The third kappa shape index (κ3) is 2.91. The van der Waals surface area contributed by atoms with Gasteiger partial charge in [0, 0.05) is 15.0 Å². The van der Waals surface area contributed by atoms with Crippen molar-refractivity contribution in [1.82, 2.24) is 4.57 Å². The molecule has 0 amide bonds. The fourth-order valence-corrected chi connectivity index (χ4v) is 4.52. The summed E-state index contributed by atoms with van der Waals surface area (Å²) in [5.41, 5.74) is 1.08. The van der Waals surface area contributed by atoms with Crippen LogP contribution in [0.3, 0.4) is 0 Å². The highest BCUT2D eigenvalue weighted by atomic mass is 79.9. The standard InChI is InChI=1S/C16H12BrN3OS2/c17-11-3-1-4-12(7-11)19-9-18-16-20(10-19)15(21)14(23-16)8-13-5-2-6-22-13/h1-8H,9-10H2/b14-8-. The number of thiophene rings is 1. The molecule has 3 aromatic rings. The Morgan fingerprint density at radius 2 is 2.17 bits per heavy atom. The minimum atomic E-state index is 0.0295. The van der Waals surface area contributed by atoms with E-state index in [1.807, 2.05) is 47.9 Å². The summed E-state index contributed by atoms with van der Waals surface area (Å²) < 4.78 is 3.50. The van der Waals surface area contributed by atoms with Crippen LogP contribution in [0.4, 0.5) is 5.69 Å². The number of aromatic nitrogens is 1. The van der Waals surface area contributed by atoms with E-state index >= 15 is 0 Å². The lowest BCUT2D eigenvalue weighted by Gasteiger charge is -2.25. The van der Waals surface area contributed by atoms with Crippen molar-refractivity contribution in [2.24, 2.45) is 4.99 Å². The summed E-state index contributed by atoms with van der Waals surface area (Å²) in [6, 6.07) is 12.0. The number of halogens is 1. The van der Waals surface area contributed by atoms with Gasteiger partial charge >= 0.3 is 0 Å². The summed E-state index contributed by atoms with van der Waals surface area (Å²) in [6.07, 6.45) is 1.95. The lowest BCUT2D eigenvalue weighted by atomic mass is 10.3. The molecule has 0 aliphatic carbocycles.